The number of amides is 1. The second-order valence-electron chi connectivity index (χ2n) is 5.44. The molecule has 0 aromatic carbocycles. The van der Waals surface area contributed by atoms with Crippen LogP contribution in [-0.2, 0) is 4.79 Å². The predicted octanol–water partition coefficient (Wildman–Crippen LogP) is 4.31. The molecule has 1 aliphatic rings. The number of hydrogen-bond acceptors (Lipinski definition) is 6. The standard InChI is InChI=1S/C15H25N3OS3/c1-4-18(12-9-7-6-8-10-12)13(19)11(3)21-15-17-16-14(22-15)20-5-2/h11-12H,4-10H2,1-3H3. The van der Waals surface area contributed by atoms with Crippen LogP contribution in [0.15, 0.2) is 8.68 Å². The summed E-state index contributed by atoms with van der Waals surface area (Å²) in [6.07, 6.45) is 6.14. The fraction of sp³-hybridized carbons (Fsp3) is 0.800. The van der Waals surface area contributed by atoms with Crippen LogP contribution >= 0.6 is 34.9 Å². The highest BCUT2D eigenvalue weighted by Gasteiger charge is 2.28. The lowest BCUT2D eigenvalue weighted by Crippen LogP contribution is -2.44. The van der Waals surface area contributed by atoms with Gasteiger partial charge < -0.3 is 4.90 Å². The molecule has 1 amide bonds. The van der Waals surface area contributed by atoms with Gasteiger partial charge in [-0.2, -0.15) is 0 Å². The molecule has 1 aromatic rings. The highest BCUT2D eigenvalue weighted by molar-refractivity contribution is 8.03. The SMILES string of the molecule is CCSc1nnc(SC(C)C(=O)N(CC)C2CCCCC2)s1. The Morgan fingerprint density at radius 2 is 1.95 bits per heavy atom. The Morgan fingerprint density at radius 3 is 2.59 bits per heavy atom. The summed E-state index contributed by atoms with van der Waals surface area (Å²) >= 11 is 4.84. The van der Waals surface area contributed by atoms with Crippen molar-refractivity contribution in [2.75, 3.05) is 12.3 Å². The summed E-state index contributed by atoms with van der Waals surface area (Å²) in [5.41, 5.74) is 0. The van der Waals surface area contributed by atoms with Crippen LogP contribution in [0.1, 0.15) is 52.9 Å². The molecule has 0 N–H and O–H groups in total. The van der Waals surface area contributed by atoms with Crippen molar-refractivity contribution < 1.29 is 4.79 Å². The molecule has 0 aliphatic heterocycles. The van der Waals surface area contributed by atoms with E-state index in [0.717, 1.165) is 33.8 Å². The molecule has 124 valence electrons. The highest BCUT2D eigenvalue weighted by atomic mass is 32.2. The first-order valence-electron chi connectivity index (χ1n) is 8.09. The van der Waals surface area contributed by atoms with Gasteiger partial charge >= 0.3 is 0 Å². The van der Waals surface area contributed by atoms with Gasteiger partial charge in [-0.3, -0.25) is 4.79 Å². The summed E-state index contributed by atoms with van der Waals surface area (Å²) in [5, 5.41) is 8.27. The zero-order valence-corrected chi connectivity index (χ0v) is 16.0. The fourth-order valence-corrected chi connectivity index (χ4v) is 5.98. The molecule has 0 saturated heterocycles. The van der Waals surface area contributed by atoms with Gasteiger partial charge in [0.15, 0.2) is 8.68 Å². The van der Waals surface area contributed by atoms with Crippen molar-refractivity contribution >= 4 is 40.8 Å². The maximum atomic E-state index is 12.8. The molecule has 1 saturated carbocycles. The Morgan fingerprint density at radius 1 is 1.27 bits per heavy atom. The fourth-order valence-electron chi connectivity index (χ4n) is 2.85. The van der Waals surface area contributed by atoms with Gasteiger partial charge in [-0.05, 0) is 32.4 Å². The van der Waals surface area contributed by atoms with Crippen LogP contribution in [0.5, 0.6) is 0 Å². The summed E-state index contributed by atoms with van der Waals surface area (Å²) < 4.78 is 1.89. The molecule has 1 aromatic heterocycles. The number of rotatable bonds is 7. The summed E-state index contributed by atoms with van der Waals surface area (Å²) in [7, 11) is 0. The lowest BCUT2D eigenvalue weighted by Gasteiger charge is -2.35. The molecular weight excluding hydrogens is 334 g/mol. The Balaban J connectivity index is 1.93. The number of aromatic nitrogens is 2. The van der Waals surface area contributed by atoms with E-state index in [1.54, 1.807) is 34.9 Å². The summed E-state index contributed by atoms with van der Waals surface area (Å²) in [5.74, 6) is 1.25. The van der Waals surface area contributed by atoms with Gasteiger partial charge in [-0.1, -0.05) is 61.0 Å². The number of carbonyl (C=O) groups excluding carboxylic acids is 1. The van der Waals surface area contributed by atoms with E-state index in [9.17, 15) is 4.79 Å². The summed E-state index contributed by atoms with van der Waals surface area (Å²) in [4.78, 5) is 14.8. The highest BCUT2D eigenvalue weighted by Crippen LogP contribution is 2.32. The van der Waals surface area contributed by atoms with Crippen LogP contribution in [0.4, 0.5) is 0 Å². The minimum atomic E-state index is -0.0886. The predicted molar refractivity (Wildman–Crippen MR) is 95.9 cm³/mol. The third kappa shape index (κ3) is 4.86. The van der Waals surface area contributed by atoms with Gasteiger partial charge in [0.25, 0.3) is 0 Å². The van der Waals surface area contributed by atoms with E-state index in [1.807, 2.05) is 6.92 Å². The van der Waals surface area contributed by atoms with E-state index in [0.29, 0.717) is 6.04 Å². The maximum Gasteiger partial charge on any atom is 0.236 e. The van der Waals surface area contributed by atoms with E-state index < -0.39 is 0 Å². The Labute approximate surface area is 145 Å². The molecule has 0 spiro atoms. The zero-order valence-electron chi connectivity index (χ0n) is 13.6. The van der Waals surface area contributed by atoms with E-state index in [-0.39, 0.29) is 11.2 Å². The monoisotopic (exact) mass is 359 g/mol. The molecule has 0 radical (unpaired) electrons. The summed E-state index contributed by atoms with van der Waals surface area (Å²) in [6.45, 7) is 6.99. The number of nitrogens with zero attached hydrogens (tertiary/aromatic N) is 3. The van der Waals surface area contributed by atoms with Crippen molar-refractivity contribution in [1.29, 1.82) is 0 Å². The molecule has 1 heterocycles. The van der Waals surface area contributed by atoms with Crippen LogP contribution in [0.3, 0.4) is 0 Å². The summed E-state index contributed by atoms with van der Waals surface area (Å²) in [6, 6.07) is 0.440. The molecule has 0 bridgehead atoms. The van der Waals surface area contributed by atoms with Gasteiger partial charge in [-0.15, -0.1) is 10.2 Å². The van der Waals surface area contributed by atoms with Crippen molar-refractivity contribution in [2.45, 2.75) is 72.8 Å². The van der Waals surface area contributed by atoms with Crippen LogP contribution < -0.4 is 0 Å². The third-order valence-electron chi connectivity index (χ3n) is 3.92. The minimum Gasteiger partial charge on any atom is -0.339 e. The first-order valence-corrected chi connectivity index (χ1v) is 10.8. The van der Waals surface area contributed by atoms with E-state index >= 15 is 0 Å². The normalized spacial score (nSPS) is 17.4. The number of thioether (sulfide) groups is 2. The maximum absolute atomic E-state index is 12.8. The molecule has 1 unspecified atom stereocenters. The Hall–Kier alpha value is -0.270. The molecule has 22 heavy (non-hydrogen) atoms. The van der Waals surface area contributed by atoms with E-state index in [4.69, 9.17) is 0 Å². The third-order valence-corrected chi connectivity index (χ3v) is 7.03. The minimum absolute atomic E-state index is 0.0886. The molecule has 1 fully saturated rings. The van der Waals surface area contributed by atoms with Crippen LogP contribution in [0.25, 0.3) is 0 Å². The number of carbonyl (C=O) groups is 1. The zero-order chi connectivity index (χ0) is 15.9. The van der Waals surface area contributed by atoms with Crippen molar-refractivity contribution in [3.63, 3.8) is 0 Å². The smallest absolute Gasteiger partial charge is 0.236 e. The first-order chi connectivity index (χ1) is 10.7. The van der Waals surface area contributed by atoms with Gasteiger partial charge in [0.05, 0.1) is 5.25 Å². The lowest BCUT2D eigenvalue weighted by molar-refractivity contribution is -0.133. The average Bonchev–Trinajstić information content (AvgIpc) is 2.96. The largest absolute Gasteiger partial charge is 0.339 e. The average molecular weight is 360 g/mol. The van der Waals surface area contributed by atoms with Crippen molar-refractivity contribution in [1.82, 2.24) is 15.1 Å². The van der Waals surface area contributed by atoms with Gasteiger partial charge in [0.2, 0.25) is 5.91 Å². The molecule has 4 nitrogen and oxygen atoms in total. The Bertz CT molecular complexity index is 474. The topological polar surface area (TPSA) is 46.1 Å². The molecule has 1 atom stereocenters. The van der Waals surface area contributed by atoms with Crippen molar-refractivity contribution in [3.05, 3.63) is 0 Å². The van der Waals surface area contributed by atoms with Gasteiger partial charge in [-0.25, -0.2) is 0 Å². The molecular formula is C15H25N3OS3. The molecule has 7 heteroatoms. The molecule has 1 aliphatic carbocycles. The Kier molecular flexibility index (Phi) is 7.50. The molecule has 2 rings (SSSR count). The van der Waals surface area contributed by atoms with Crippen LogP contribution in [0.2, 0.25) is 0 Å². The van der Waals surface area contributed by atoms with Gasteiger partial charge in [0.1, 0.15) is 0 Å². The first kappa shape index (κ1) is 18.1. The van der Waals surface area contributed by atoms with Gasteiger partial charge in [0, 0.05) is 12.6 Å². The van der Waals surface area contributed by atoms with E-state index in [1.165, 1.54) is 19.3 Å². The quantitative estimate of drug-likeness (QED) is 0.679. The van der Waals surface area contributed by atoms with Crippen LogP contribution in [0, 0.1) is 0 Å². The van der Waals surface area contributed by atoms with Crippen LogP contribution in [-0.4, -0.2) is 44.6 Å². The second-order valence-corrected chi connectivity index (χ2v) is 9.52. The second kappa shape index (κ2) is 9.13. The van der Waals surface area contributed by atoms with Crippen molar-refractivity contribution in [2.24, 2.45) is 0 Å². The number of hydrogen-bond donors (Lipinski definition) is 0. The van der Waals surface area contributed by atoms with Crippen molar-refractivity contribution in [3.8, 4) is 0 Å². The lowest BCUT2D eigenvalue weighted by atomic mass is 9.94. The van der Waals surface area contributed by atoms with E-state index in [2.05, 4.69) is 28.9 Å².